The Morgan fingerprint density at radius 3 is 2.57 bits per heavy atom. The number of nitro groups is 1. The first-order valence-corrected chi connectivity index (χ1v) is 7.59. The molecule has 0 radical (unpaired) electrons. The molecule has 1 fully saturated rings. The first kappa shape index (κ1) is 15.5. The number of aromatic nitrogens is 1. The lowest BCUT2D eigenvalue weighted by Gasteiger charge is -2.35. The largest absolute Gasteiger partial charge is 0.353 e. The van der Waals surface area contributed by atoms with Crippen LogP contribution < -0.4 is 4.90 Å². The fourth-order valence-electron chi connectivity index (χ4n) is 2.86. The number of non-ortho nitro benzene ring substituents is 1. The van der Waals surface area contributed by atoms with E-state index in [4.69, 9.17) is 11.6 Å². The van der Waals surface area contributed by atoms with Crippen LogP contribution in [-0.2, 0) is 4.79 Å². The van der Waals surface area contributed by atoms with E-state index in [-0.39, 0.29) is 11.6 Å². The Balaban J connectivity index is 2.04. The van der Waals surface area contributed by atoms with E-state index in [9.17, 15) is 14.9 Å². The van der Waals surface area contributed by atoms with Gasteiger partial charge in [-0.05, 0) is 12.1 Å². The zero-order chi connectivity index (χ0) is 16.6. The van der Waals surface area contributed by atoms with Gasteiger partial charge in [0.05, 0.1) is 15.3 Å². The minimum absolute atomic E-state index is 0.00965. The molecule has 8 heteroatoms. The predicted molar refractivity (Wildman–Crippen MR) is 87.9 cm³/mol. The topological polar surface area (TPSA) is 79.6 Å². The fraction of sp³-hybridized carbons (Fsp3) is 0.333. The van der Waals surface area contributed by atoms with Crippen LogP contribution >= 0.6 is 11.6 Å². The maximum Gasteiger partial charge on any atom is 0.277 e. The molecule has 1 aromatic carbocycles. The van der Waals surface area contributed by atoms with Gasteiger partial charge in [-0.2, -0.15) is 0 Å². The van der Waals surface area contributed by atoms with Gasteiger partial charge in [-0.15, -0.1) is 0 Å². The third-order valence-corrected chi connectivity index (χ3v) is 4.37. The highest BCUT2D eigenvalue weighted by Gasteiger charge is 2.24. The molecule has 23 heavy (non-hydrogen) atoms. The average Bonchev–Trinajstić information content (AvgIpc) is 2.54. The van der Waals surface area contributed by atoms with Crippen LogP contribution in [0.1, 0.15) is 6.92 Å². The maximum atomic E-state index is 11.4. The monoisotopic (exact) mass is 334 g/mol. The highest BCUT2D eigenvalue weighted by molar-refractivity contribution is 6.37. The first-order valence-electron chi connectivity index (χ1n) is 7.21. The molecule has 7 nitrogen and oxygen atoms in total. The van der Waals surface area contributed by atoms with E-state index in [2.05, 4.69) is 4.98 Å². The Morgan fingerprint density at radius 2 is 1.96 bits per heavy atom. The fourth-order valence-corrected chi connectivity index (χ4v) is 3.11. The SMILES string of the molecule is CC(=O)N1CCN(c2nccc3c([N+](=O)[O-])ccc(Cl)c23)CC1. The van der Waals surface area contributed by atoms with Crippen LogP contribution in [0.5, 0.6) is 0 Å². The van der Waals surface area contributed by atoms with Crippen molar-refractivity contribution in [3.05, 3.63) is 39.5 Å². The summed E-state index contributed by atoms with van der Waals surface area (Å²) in [5.74, 6) is 0.670. The predicted octanol–water partition coefficient (Wildman–Crippen LogP) is 2.46. The molecule has 1 amide bonds. The smallest absolute Gasteiger partial charge is 0.277 e. The zero-order valence-corrected chi connectivity index (χ0v) is 13.3. The number of carbonyl (C=O) groups excluding carboxylic acids is 1. The summed E-state index contributed by atoms with van der Waals surface area (Å²) in [6, 6.07) is 4.54. The number of benzene rings is 1. The van der Waals surface area contributed by atoms with E-state index in [1.54, 1.807) is 24.1 Å². The number of pyridine rings is 1. The second kappa shape index (κ2) is 6.00. The van der Waals surface area contributed by atoms with Gasteiger partial charge in [0.25, 0.3) is 5.69 Å². The summed E-state index contributed by atoms with van der Waals surface area (Å²) in [4.78, 5) is 30.4. The number of nitrogens with zero attached hydrogens (tertiary/aromatic N) is 4. The van der Waals surface area contributed by atoms with Gasteiger partial charge < -0.3 is 9.80 Å². The van der Waals surface area contributed by atoms with Crippen molar-refractivity contribution in [1.29, 1.82) is 0 Å². The number of halogens is 1. The van der Waals surface area contributed by atoms with Crippen LogP contribution in [0, 0.1) is 10.1 Å². The Hall–Kier alpha value is -2.41. The van der Waals surface area contributed by atoms with Gasteiger partial charge in [-0.1, -0.05) is 11.6 Å². The molecule has 1 aliphatic rings. The van der Waals surface area contributed by atoms with E-state index in [1.165, 1.54) is 12.1 Å². The van der Waals surface area contributed by atoms with Gasteiger partial charge in [-0.25, -0.2) is 4.98 Å². The number of hydrogen-bond acceptors (Lipinski definition) is 5. The van der Waals surface area contributed by atoms with Crippen molar-refractivity contribution in [2.24, 2.45) is 0 Å². The van der Waals surface area contributed by atoms with E-state index in [1.807, 2.05) is 4.90 Å². The number of carbonyl (C=O) groups is 1. The minimum atomic E-state index is -0.421. The molecule has 2 heterocycles. The third-order valence-electron chi connectivity index (χ3n) is 4.05. The molecular weight excluding hydrogens is 320 g/mol. The van der Waals surface area contributed by atoms with Crippen molar-refractivity contribution in [1.82, 2.24) is 9.88 Å². The van der Waals surface area contributed by atoms with Gasteiger partial charge in [0, 0.05) is 50.8 Å². The summed E-state index contributed by atoms with van der Waals surface area (Å²) < 4.78 is 0. The highest BCUT2D eigenvalue weighted by Crippen LogP contribution is 2.36. The number of anilines is 1. The molecule has 0 unspecified atom stereocenters. The standard InChI is InChI=1S/C15H15ClN4O3/c1-10(21)18-6-8-19(9-7-18)15-14-11(4-5-17-15)13(20(22)23)3-2-12(14)16/h2-5H,6-9H2,1H3. The number of amides is 1. The molecule has 0 aliphatic carbocycles. The Kier molecular flexibility index (Phi) is 4.04. The number of rotatable bonds is 2. The number of fused-ring (bicyclic) bond motifs is 1. The average molecular weight is 335 g/mol. The van der Waals surface area contributed by atoms with Crippen molar-refractivity contribution in [2.75, 3.05) is 31.1 Å². The molecule has 0 saturated carbocycles. The van der Waals surface area contributed by atoms with Crippen LogP contribution in [0.3, 0.4) is 0 Å². The molecule has 2 aromatic rings. The summed E-state index contributed by atoms with van der Waals surface area (Å²) in [5, 5.41) is 12.7. The lowest BCUT2D eigenvalue weighted by Crippen LogP contribution is -2.48. The molecule has 0 atom stereocenters. The van der Waals surface area contributed by atoms with Crippen LogP contribution in [0.4, 0.5) is 11.5 Å². The Labute approximate surface area is 137 Å². The van der Waals surface area contributed by atoms with Crippen LogP contribution in [0.15, 0.2) is 24.4 Å². The molecule has 0 N–H and O–H groups in total. The van der Waals surface area contributed by atoms with E-state index < -0.39 is 4.92 Å². The molecule has 3 rings (SSSR count). The Morgan fingerprint density at radius 1 is 1.26 bits per heavy atom. The lowest BCUT2D eigenvalue weighted by molar-refractivity contribution is -0.383. The molecule has 1 saturated heterocycles. The maximum absolute atomic E-state index is 11.4. The third kappa shape index (κ3) is 2.79. The summed E-state index contributed by atoms with van der Waals surface area (Å²) in [6.45, 7) is 3.97. The molecule has 0 bridgehead atoms. The molecule has 120 valence electrons. The first-order chi connectivity index (χ1) is 11.0. The Bertz CT molecular complexity index is 788. The number of nitro benzene ring substituents is 1. The summed E-state index contributed by atoms with van der Waals surface area (Å²) >= 11 is 6.28. The van der Waals surface area contributed by atoms with Crippen LogP contribution in [0.25, 0.3) is 10.8 Å². The van der Waals surface area contributed by atoms with Gasteiger partial charge >= 0.3 is 0 Å². The molecular formula is C15H15ClN4O3. The van der Waals surface area contributed by atoms with Crippen molar-refractivity contribution < 1.29 is 9.72 Å². The van der Waals surface area contributed by atoms with Crippen molar-refractivity contribution in [2.45, 2.75) is 6.92 Å². The normalized spacial score (nSPS) is 15.0. The van der Waals surface area contributed by atoms with Crippen molar-refractivity contribution in [3.63, 3.8) is 0 Å². The van der Waals surface area contributed by atoms with Crippen molar-refractivity contribution in [3.8, 4) is 0 Å². The summed E-state index contributed by atoms with van der Waals surface area (Å²) in [6.07, 6.45) is 1.55. The molecule has 0 spiro atoms. The van der Waals surface area contributed by atoms with Gasteiger partial charge in [-0.3, -0.25) is 14.9 Å². The lowest BCUT2D eigenvalue weighted by atomic mass is 10.1. The van der Waals surface area contributed by atoms with Gasteiger partial charge in [0.15, 0.2) is 0 Å². The van der Waals surface area contributed by atoms with E-state index in [0.717, 1.165) is 0 Å². The minimum Gasteiger partial charge on any atom is -0.353 e. The quantitative estimate of drug-likeness (QED) is 0.622. The van der Waals surface area contributed by atoms with Gasteiger partial charge in [0.1, 0.15) is 5.82 Å². The van der Waals surface area contributed by atoms with E-state index >= 15 is 0 Å². The van der Waals surface area contributed by atoms with Gasteiger partial charge in [0.2, 0.25) is 5.91 Å². The highest BCUT2D eigenvalue weighted by atomic mass is 35.5. The molecule has 1 aliphatic heterocycles. The van der Waals surface area contributed by atoms with Crippen molar-refractivity contribution >= 4 is 39.8 Å². The summed E-state index contributed by atoms with van der Waals surface area (Å²) in [7, 11) is 0. The van der Waals surface area contributed by atoms with Crippen LogP contribution in [-0.4, -0.2) is 46.9 Å². The molecule has 1 aromatic heterocycles. The zero-order valence-electron chi connectivity index (χ0n) is 12.5. The second-order valence-corrected chi connectivity index (χ2v) is 5.78. The van der Waals surface area contributed by atoms with E-state index in [0.29, 0.717) is 47.8 Å². The number of hydrogen-bond donors (Lipinski definition) is 0. The summed E-state index contributed by atoms with van der Waals surface area (Å²) in [5.41, 5.74) is 0.00965. The van der Waals surface area contributed by atoms with Crippen LogP contribution in [0.2, 0.25) is 5.02 Å². The second-order valence-electron chi connectivity index (χ2n) is 5.37. The number of piperazine rings is 1.